The predicted octanol–water partition coefficient (Wildman–Crippen LogP) is 0.894. The molecular weight excluding hydrogens is 448 g/mol. The van der Waals surface area contributed by atoms with Crippen molar-refractivity contribution in [2.75, 3.05) is 0 Å². The van der Waals surface area contributed by atoms with Crippen molar-refractivity contribution in [2.45, 2.75) is 44.3 Å². The van der Waals surface area contributed by atoms with Crippen molar-refractivity contribution in [1.29, 1.82) is 0 Å². The summed E-state index contributed by atoms with van der Waals surface area (Å²) in [6, 6.07) is 13.5. The highest BCUT2D eigenvalue weighted by Gasteiger charge is 2.49. The summed E-state index contributed by atoms with van der Waals surface area (Å²) in [7, 11) is 0. The standard InChI is InChI=1S/C14H15NO6.C9H11NO3/c1-14(2)20-9(10(21-14)13(18)19)12(17)15-11(16)8-6-4-3-5-7-8;10-8(9(12)13)5-6-1-3-7(11)4-2-6/h3-7,9-10H,1-2H3,(H,18,19)(H,15,16,17);1-4,8,11H,5,10H2,(H,12,13)/t9-,10-;8-/m10/s1. The molecule has 3 rings (SSSR count). The molecule has 6 N–H and O–H groups in total. The quantitative estimate of drug-likeness (QED) is 0.377. The van der Waals surface area contributed by atoms with Crippen LogP contribution in [0.2, 0.25) is 0 Å². The van der Waals surface area contributed by atoms with Gasteiger partial charge in [-0.3, -0.25) is 19.7 Å². The molecule has 0 unspecified atom stereocenters. The summed E-state index contributed by atoms with van der Waals surface area (Å²) in [5, 5.41) is 28.6. The van der Waals surface area contributed by atoms with E-state index in [4.69, 9.17) is 30.5 Å². The van der Waals surface area contributed by atoms with E-state index < -0.39 is 47.8 Å². The fourth-order valence-corrected chi connectivity index (χ4v) is 2.95. The number of carbonyl (C=O) groups excluding carboxylic acids is 2. The van der Waals surface area contributed by atoms with Gasteiger partial charge in [0.25, 0.3) is 11.8 Å². The predicted molar refractivity (Wildman–Crippen MR) is 118 cm³/mol. The summed E-state index contributed by atoms with van der Waals surface area (Å²) < 4.78 is 10.4. The van der Waals surface area contributed by atoms with Crippen molar-refractivity contribution in [3.8, 4) is 5.75 Å². The number of carboxylic acids is 2. The number of hydrogen-bond acceptors (Lipinski definition) is 8. The third kappa shape index (κ3) is 7.66. The Balaban J connectivity index is 0.000000270. The van der Waals surface area contributed by atoms with E-state index in [2.05, 4.69) is 5.32 Å². The van der Waals surface area contributed by atoms with Gasteiger partial charge >= 0.3 is 11.9 Å². The fourth-order valence-electron chi connectivity index (χ4n) is 2.95. The van der Waals surface area contributed by atoms with Crippen molar-refractivity contribution >= 4 is 23.8 Å². The number of carboxylic acid groups (broad SMARTS) is 2. The molecule has 34 heavy (non-hydrogen) atoms. The molecule has 3 atom stereocenters. The van der Waals surface area contributed by atoms with Crippen molar-refractivity contribution in [3.05, 3.63) is 65.7 Å². The van der Waals surface area contributed by atoms with Crippen LogP contribution in [-0.2, 0) is 30.3 Å². The average molecular weight is 474 g/mol. The number of nitrogens with one attached hydrogen (secondary N) is 1. The first kappa shape index (κ1) is 26.5. The van der Waals surface area contributed by atoms with Gasteiger partial charge in [-0.15, -0.1) is 0 Å². The maximum absolute atomic E-state index is 12.0. The number of rotatable bonds is 6. The van der Waals surface area contributed by atoms with Gasteiger partial charge in [0, 0.05) is 5.56 Å². The summed E-state index contributed by atoms with van der Waals surface area (Å²) in [5.41, 5.74) is 6.41. The van der Waals surface area contributed by atoms with Crippen LogP contribution in [0.4, 0.5) is 0 Å². The van der Waals surface area contributed by atoms with Crippen LogP contribution in [0.3, 0.4) is 0 Å². The number of aromatic hydroxyl groups is 1. The second-order valence-corrected chi connectivity index (χ2v) is 7.81. The molecule has 11 heteroatoms. The molecular formula is C23H26N2O9. The Morgan fingerprint density at radius 1 is 0.971 bits per heavy atom. The zero-order chi connectivity index (χ0) is 25.5. The average Bonchev–Trinajstić information content (AvgIpc) is 3.12. The molecule has 0 bridgehead atoms. The van der Waals surface area contributed by atoms with Gasteiger partial charge in [-0.2, -0.15) is 0 Å². The number of benzene rings is 2. The van der Waals surface area contributed by atoms with E-state index in [0.29, 0.717) is 0 Å². The summed E-state index contributed by atoms with van der Waals surface area (Å²) in [4.78, 5) is 45.4. The lowest BCUT2D eigenvalue weighted by molar-refractivity contribution is -0.166. The molecule has 1 aliphatic rings. The van der Waals surface area contributed by atoms with Crippen LogP contribution < -0.4 is 11.1 Å². The molecule has 2 amide bonds. The second-order valence-electron chi connectivity index (χ2n) is 7.81. The normalized spacial score (nSPS) is 19.3. The molecule has 0 spiro atoms. The Morgan fingerprint density at radius 2 is 1.53 bits per heavy atom. The van der Waals surface area contributed by atoms with Crippen LogP contribution in [0.1, 0.15) is 29.8 Å². The highest BCUT2D eigenvalue weighted by molar-refractivity contribution is 6.06. The van der Waals surface area contributed by atoms with E-state index in [1.165, 1.54) is 38.1 Å². The van der Waals surface area contributed by atoms with Crippen LogP contribution in [0.15, 0.2) is 54.6 Å². The molecule has 1 fully saturated rings. The van der Waals surface area contributed by atoms with Gasteiger partial charge in [-0.05, 0) is 50.1 Å². The van der Waals surface area contributed by atoms with Crippen molar-refractivity contribution in [2.24, 2.45) is 5.73 Å². The SMILES string of the molecule is CC1(C)O[C@@H](C(=O)O)[C@H](C(=O)NC(=O)c2ccccc2)O1.N[C@@H](Cc1ccc(O)cc1)C(=O)O. The molecule has 1 heterocycles. The third-order valence-electron chi connectivity index (χ3n) is 4.58. The van der Waals surface area contributed by atoms with Gasteiger partial charge in [0.15, 0.2) is 18.0 Å². The molecule has 1 aliphatic heterocycles. The number of aliphatic carboxylic acids is 2. The maximum Gasteiger partial charge on any atom is 0.336 e. The van der Waals surface area contributed by atoms with E-state index >= 15 is 0 Å². The molecule has 1 saturated heterocycles. The number of carbonyl (C=O) groups is 4. The maximum atomic E-state index is 12.0. The van der Waals surface area contributed by atoms with Crippen LogP contribution >= 0.6 is 0 Å². The number of imide groups is 1. The van der Waals surface area contributed by atoms with Crippen LogP contribution in [0.5, 0.6) is 5.75 Å². The number of nitrogens with two attached hydrogens (primary N) is 1. The van der Waals surface area contributed by atoms with Gasteiger partial charge in [0.05, 0.1) is 0 Å². The van der Waals surface area contributed by atoms with E-state index in [1.807, 2.05) is 0 Å². The zero-order valence-corrected chi connectivity index (χ0v) is 18.5. The van der Waals surface area contributed by atoms with Gasteiger partial charge in [0.1, 0.15) is 11.8 Å². The topological polar surface area (TPSA) is 185 Å². The fraction of sp³-hybridized carbons (Fsp3) is 0.304. The lowest BCUT2D eigenvalue weighted by Crippen LogP contribution is -2.46. The molecule has 11 nitrogen and oxygen atoms in total. The Bertz CT molecular complexity index is 1020. The number of ether oxygens (including phenoxy) is 2. The molecule has 0 aromatic heterocycles. The van der Waals surface area contributed by atoms with Gasteiger partial charge < -0.3 is 30.5 Å². The smallest absolute Gasteiger partial charge is 0.336 e. The lowest BCUT2D eigenvalue weighted by atomic mass is 10.1. The first-order chi connectivity index (χ1) is 15.9. The van der Waals surface area contributed by atoms with E-state index in [0.717, 1.165) is 5.56 Å². The van der Waals surface area contributed by atoms with E-state index in [1.54, 1.807) is 30.3 Å². The molecule has 2 aromatic rings. The van der Waals surface area contributed by atoms with Crippen molar-refractivity contribution < 1.29 is 44.0 Å². The van der Waals surface area contributed by atoms with Crippen molar-refractivity contribution in [3.63, 3.8) is 0 Å². The molecule has 0 saturated carbocycles. The number of phenols is 1. The largest absolute Gasteiger partial charge is 0.508 e. The van der Waals surface area contributed by atoms with E-state index in [-0.39, 0.29) is 17.7 Å². The molecule has 182 valence electrons. The Morgan fingerprint density at radius 3 is 2.06 bits per heavy atom. The number of hydrogen-bond donors (Lipinski definition) is 5. The van der Waals surface area contributed by atoms with E-state index in [9.17, 15) is 19.2 Å². The Kier molecular flexibility index (Phi) is 8.84. The zero-order valence-electron chi connectivity index (χ0n) is 18.5. The molecule has 2 aromatic carbocycles. The van der Waals surface area contributed by atoms with Crippen LogP contribution in [0.25, 0.3) is 0 Å². The number of phenolic OH excluding ortho intramolecular Hbond substituents is 1. The number of amides is 2. The highest BCUT2D eigenvalue weighted by atomic mass is 16.8. The van der Waals surface area contributed by atoms with Gasteiger partial charge in [-0.25, -0.2) is 4.79 Å². The summed E-state index contributed by atoms with van der Waals surface area (Å²) in [5.74, 6) is -4.87. The minimum absolute atomic E-state index is 0.160. The minimum atomic E-state index is -1.46. The first-order valence-corrected chi connectivity index (χ1v) is 10.1. The summed E-state index contributed by atoms with van der Waals surface area (Å²) in [6.07, 6.45) is -2.57. The highest BCUT2D eigenvalue weighted by Crippen LogP contribution is 2.28. The molecule has 0 radical (unpaired) electrons. The second kappa shape index (κ2) is 11.4. The molecule has 0 aliphatic carbocycles. The van der Waals surface area contributed by atoms with Crippen LogP contribution in [0, 0.1) is 0 Å². The third-order valence-corrected chi connectivity index (χ3v) is 4.58. The lowest BCUT2D eigenvalue weighted by Gasteiger charge is -2.16. The van der Waals surface area contributed by atoms with Gasteiger partial charge in [-0.1, -0.05) is 30.3 Å². The Labute approximate surface area is 195 Å². The summed E-state index contributed by atoms with van der Waals surface area (Å²) in [6.45, 7) is 2.99. The van der Waals surface area contributed by atoms with Crippen molar-refractivity contribution in [1.82, 2.24) is 5.32 Å². The van der Waals surface area contributed by atoms with Crippen LogP contribution in [-0.4, -0.2) is 63.1 Å². The monoisotopic (exact) mass is 474 g/mol. The Hall–Kier alpha value is -3.80. The first-order valence-electron chi connectivity index (χ1n) is 10.1. The van der Waals surface area contributed by atoms with Gasteiger partial charge in [0.2, 0.25) is 0 Å². The minimum Gasteiger partial charge on any atom is -0.508 e. The summed E-state index contributed by atoms with van der Waals surface area (Å²) >= 11 is 0.